The average Bonchev–Trinajstić information content (AvgIpc) is 2.40. The van der Waals surface area contributed by atoms with Crippen LogP contribution in [-0.4, -0.2) is 23.7 Å². The van der Waals surface area contributed by atoms with Crippen molar-refractivity contribution in [1.82, 2.24) is 5.32 Å². The Morgan fingerprint density at radius 3 is 3.11 bits per heavy atom. The third kappa shape index (κ3) is 3.26. The van der Waals surface area contributed by atoms with Gasteiger partial charge in [-0.2, -0.15) is 0 Å². The van der Waals surface area contributed by atoms with Gasteiger partial charge in [-0.3, -0.25) is 4.79 Å². The van der Waals surface area contributed by atoms with Gasteiger partial charge in [0.2, 0.25) is 0 Å². The van der Waals surface area contributed by atoms with Gasteiger partial charge in [-0.1, -0.05) is 6.07 Å². The minimum absolute atomic E-state index is 0.124. The predicted molar refractivity (Wildman–Crippen MR) is 73.1 cm³/mol. The van der Waals surface area contributed by atoms with Crippen molar-refractivity contribution in [2.45, 2.75) is 45.3 Å². The zero-order valence-corrected chi connectivity index (χ0v) is 11.5. The van der Waals surface area contributed by atoms with E-state index in [0.29, 0.717) is 12.3 Å². The summed E-state index contributed by atoms with van der Waals surface area (Å²) in [6, 6.07) is 5.71. The molecule has 4 nitrogen and oxygen atoms in total. The highest BCUT2D eigenvalue weighted by Gasteiger charge is 2.20. The zero-order valence-electron chi connectivity index (χ0n) is 11.5. The van der Waals surface area contributed by atoms with E-state index in [2.05, 4.69) is 5.32 Å². The second kappa shape index (κ2) is 6.06. The summed E-state index contributed by atoms with van der Waals surface area (Å²) in [5.74, 6) is 0.513. The van der Waals surface area contributed by atoms with E-state index in [1.54, 1.807) is 6.92 Å². The molecule has 0 heterocycles. The Morgan fingerprint density at radius 2 is 2.37 bits per heavy atom. The fourth-order valence-corrected chi connectivity index (χ4v) is 2.40. The van der Waals surface area contributed by atoms with Gasteiger partial charge in [0, 0.05) is 6.54 Å². The fourth-order valence-electron chi connectivity index (χ4n) is 2.40. The summed E-state index contributed by atoms with van der Waals surface area (Å²) in [5, 5.41) is 12.7. The first-order valence-corrected chi connectivity index (χ1v) is 6.87. The molecule has 1 unspecified atom stereocenters. The molecule has 0 fully saturated rings. The van der Waals surface area contributed by atoms with E-state index in [9.17, 15) is 9.90 Å². The van der Waals surface area contributed by atoms with Gasteiger partial charge >= 0.3 is 0 Å². The first kappa shape index (κ1) is 13.9. The number of carbonyl (C=O) groups is 1. The van der Waals surface area contributed by atoms with Crippen molar-refractivity contribution >= 4 is 5.91 Å². The lowest BCUT2D eigenvalue weighted by Crippen LogP contribution is -2.36. The van der Waals surface area contributed by atoms with Crippen molar-refractivity contribution < 1.29 is 14.6 Å². The molecular formula is C15H21NO3. The number of aliphatic hydroxyl groups is 1. The normalized spacial score (nSPS) is 19.4. The molecule has 19 heavy (non-hydrogen) atoms. The molecule has 104 valence electrons. The SMILES string of the molecule is CCNC(=O)C(C)Oc1ccc2c(c1)[C@@H](O)CCC2. The Kier molecular flexibility index (Phi) is 4.43. The van der Waals surface area contributed by atoms with Gasteiger partial charge in [0.25, 0.3) is 5.91 Å². The maximum absolute atomic E-state index is 11.6. The first-order chi connectivity index (χ1) is 9.11. The van der Waals surface area contributed by atoms with Crippen LogP contribution in [-0.2, 0) is 11.2 Å². The van der Waals surface area contributed by atoms with Crippen LogP contribution in [0, 0.1) is 0 Å². The number of fused-ring (bicyclic) bond motifs is 1. The van der Waals surface area contributed by atoms with E-state index in [1.165, 1.54) is 5.56 Å². The molecule has 4 heteroatoms. The summed E-state index contributed by atoms with van der Waals surface area (Å²) in [6.07, 6.45) is 1.87. The highest BCUT2D eigenvalue weighted by Crippen LogP contribution is 2.32. The van der Waals surface area contributed by atoms with Gasteiger partial charge in [0.05, 0.1) is 6.10 Å². The molecule has 1 amide bonds. The van der Waals surface area contributed by atoms with Gasteiger partial charge in [0.15, 0.2) is 6.10 Å². The second-order valence-electron chi connectivity index (χ2n) is 4.92. The molecule has 2 atom stereocenters. The number of aliphatic hydroxyl groups excluding tert-OH is 1. The predicted octanol–water partition coefficient (Wildman–Crippen LogP) is 1.96. The molecule has 2 rings (SSSR count). The van der Waals surface area contributed by atoms with E-state index < -0.39 is 12.2 Å². The highest BCUT2D eigenvalue weighted by molar-refractivity contribution is 5.80. The molecule has 0 aliphatic heterocycles. The van der Waals surface area contributed by atoms with Crippen LogP contribution in [0.15, 0.2) is 18.2 Å². The summed E-state index contributed by atoms with van der Waals surface area (Å²) in [4.78, 5) is 11.6. The van der Waals surface area contributed by atoms with Crippen LogP contribution in [0.1, 0.15) is 43.9 Å². The number of hydrogen-bond donors (Lipinski definition) is 2. The van der Waals surface area contributed by atoms with Gasteiger partial charge in [0.1, 0.15) is 5.75 Å². The summed E-state index contributed by atoms with van der Waals surface area (Å²) >= 11 is 0. The van der Waals surface area contributed by atoms with Crippen LogP contribution in [0.2, 0.25) is 0 Å². The van der Waals surface area contributed by atoms with Crippen LogP contribution in [0.3, 0.4) is 0 Å². The Labute approximate surface area is 113 Å². The van der Waals surface area contributed by atoms with Crippen molar-refractivity contribution in [3.8, 4) is 5.75 Å². The monoisotopic (exact) mass is 263 g/mol. The van der Waals surface area contributed by atoms with Crippen molar-refractivity contribution in [2.75, 3.05) is 6.54 Å². The summed E-state index contributed by atoms with van der Waals surface area (Å²) in [7, 11) is 0. The van der Waals surface area contributed by atoms with Gasteiger partial charge in [-0.05, 0) is 56.4 Å². The smallest absolute Gasteiger partial charge is 0.260 e. The van der Waals surface area contributed by atoms with Crippen molar-refractivity contribution in [3.05, 3.63) is 29.3 Å². The quantitative estimate of drug-likeness (QED) is 0.873. The number of nitrogens with one attached hydrogen (secondary N) is 1. The molecule has 1 aliphatic carbocycles. The Bertz CT molecular complexity index is 459. The van der Waals surface area contributed by atoms with E-state index >= 15 is 0 Å². The lowest BCUT2D eigenvalue weighted by Gasteiger charge is -2.22. The number of hydrogen-bond acceptors (Lipinski definition) is 3. The highest BCUT2D eigenvalue weighted by atomic mass is 16.5. The minimum Gasteiger partial charge on any atom is -0.481 e. The van der Waals surface area contributed by atoms with Crippen molar-refractivity contribution in [2.24, 2.45) is 0 Å². The molecule has 0 saturated carbocycles. The number of benzene rings is 1. The molecule has 0 aromatic heterocycles. The molecule has 0 saturated heterocycles. The molecule has 1 aromatic rings. The maximum Gasteiger partial charge on any atom is 0.260 e. The fraction of sp³-hybridized carbons (Fsp3) is 0.533. The average molecular weight is 263 g/mol. The lowest BCUT2D eigenvalue weighted by molar-refractivity contribution is -0.127. The summed E-state index contributed by atoms with van der Waals surface area (Å²) in [5.41, 5.74) is 2.11. The zero-order chi connectivity index (χ0) is 13.8. The second-order valence-corrected chi connectivity index (χ2v) is 4.92. The van der Waals surface area contributed by atoms with Gasteiger partial charge in [-0.25, -0.2) is 0 Å². The van der Waals surface area contributed by atoms with E-state index in [4.69, 9.17) is 4.74 Å². The molecule has 1 aromatic carbocycles. The largest absolute Gasteiger partial charge is 0.481 e. The Balaban J connectivity index is 2.09. The van der Waals surface area contributed by atoms with Crippen molar-refractivity contribution in [1.29, 1.82) is 0 Å². The number of rotatable bonds is 4. The van der Waals surface area contributed by atoms with Crippen LogP contribution in [0.4, 0.5) is 0 Å². The van der Waals surface area contributed by atoms with E-state index in [-0.39, 0.29) is 5.91 Å². The van der Waals surface area contributed by atoms with E-state index in [0.717, 1.165) is 24.8 Å². The number of aryl methyl sites for hydroxylation is 1. The lowest BCUT2D eigenvalue weighted by atomic mass is 9.89. The molecule has 2 N–H and O–H groups in total. The Hall–Kier alpha value is -1.55. The molecular weight excluding hydrogens is 242 g/mol. The van der Waals surface area contributed by atoms with Crippen LogP contribution >= 0.6 is 0 Å². The topological polar surface area (TPSA) is 58.6 Å². The van der Waals surface area contributed by atoms with Gasteiger partial charge < -0.3 is 15.2 Å². The molecule has 0 spiro atoms. The van der Waals surface area contributed by atoms with E-state index in [1.807, 2.05) is 25.1 Å². The summed E-state index contributed by atoms with van der Waals surface area (Å²) in [6.45, 7) is 4.19. The Morgan fingerprint density at radius 1 is 1.58 bits per heavy atom. The molecule has 0 radical (unpaired) electrons. The number of ether oxygens (including phenoxy) is 1. The maximum atomic E-state index is 11.6. The van der Waals surface area contributed by atoms with Crippen molar-refractivity contribution in [3.63, 3.8) is 0 Å². The van der Waals surface area contributed by atoms with Gasteiger partial charge in [-0.15, -0.1) is 0 Å². The summed E-state index contributed by atoms with van der Waals surface area (Å²) < 4.78 is 5.62. The number of carbonyl (C=O) groups excluding carboxylic acids is 1. The number of amides is 1. The van der Waals surface area contributed by atoms with Crippen LogP contribution in [0.25, 0.3) is 0 Å². The number of likely N-dealkylation sites (N-methyl/N-ethyl adjacent to an activating group) is 1. The molecule has 0 bridgehead atoms. The molecule has 1 aliphatic rings. The first-order valence-electron chi connectivity index (χ1n) is 6.87. The third-order valence-corrected chi connectivity index (χ3v) is 3.43. The third-order valence-electron chi connectivity index (χ3n) is 3.43. The van der Waals surface area contributed by atoms with Crippen LogP contribution < -0.4 is 10.1 Å². The van der Waals surface area contributed by atoms with Crippen LogP contribution in [0.5, 0.6) is 5.75 Å². The minimum atomic E-state index is -0.529. The standard InChI is InChI=1S/C15H21NO3/c1-3-16-15(18)10(2)19-12-8-7-11-5-4-6-14(17)13(11)9-12/h7-10,14,17H,3-6H2,1-2H3,(H,16,18)/t10?,14-/m0/s1.